The van der Waals surface area contributed by atoms with E-state index in [1.807, 2.05) is 0 Å². The lowest BCUT2D eigenvalue weighted by Crippen LogP contribution is -2.04. The zero-order chi connectivity index (χ0) is 12.4. The molecule has 2 N–H and O–H groups in total. The molecule has 0 saturated carbocycles. The monoisotopic (exact) mass is 238 g/mol. The SMILES string of the molecule is Cc1noc(-c2cc(F)ccc2F)c1CCN. The summed E-state index contributed by atoms with van der Waals surface area (Å²) in [5, 5.41) is 3.76. The fraction of sp³-hybridized carbons (Fsp3) is 0.250. The topological polar surface area (TPSA) is 52.0 Å². The Hall–Kier alpha value is -1.75. The van der Waals surface area contributed by atoms with Gasteiger partial charge in [0, 0.05) is 5.56 Å². The molecule has 17 heavy (non-hydrogen) atoms. The first-order valence-corrected chi connectivity index (χ1v) is 5.24. The van der Waals surface area contributed by atoms with Gasteiger partial charge in [-0.1, -0.05) is 5.16 Å². The van der Waals surface area contributed by atoms with Crippen LogP contribution >= 0.6 is 0 Å². The molecule has 0 radical (unpaired) electrons. The maximum Gasteiger partial charge on any atom is 0.173 e. The van der Waals surface area contributed by atoms with Crippen molar-refractivity contribution >= 4 is 0 Å². The second-order valence-corrected chi connectivity index (χ2v) is 3.74. The lowest BCUT2D eigenvalue weighted by molar-refractivity contribution is 0.424. The second-order valence-electron chi connectivity index (χ2n) is 3.74. The van der Waals surface area contributed by atoms with Crippen LogP contribution < -0.4 is 5.73 Å². The van der Waals surface area contributed by atoms with E-state index in [2.05, 4.69) is 5.16 Å². The lowest BCUT2D eigenvalue weighted by atomic mass is 10.0. The highest BCUT2D eigenvalue weighted by Gasteiger charge is 2.18. The molecule has 0 aliphatic rings. The minimum atomic E-state index is -0.541. The van der Waals surface area contributed by atoms with Gasteiger partial charge in [-0.25, -0.2) is 8.78 Å². The average molecular weight is 238 g/mol. The molecule has 0 spiro atoms. The highest BCUT2D eigenvalue weighted by Crippen LogP contribution is 2.29. The van der Waals surface area contributed by atoms with Gasteiger partial charge in [0.2, 0.25) is 0 Å². The van der Waals surface area contributed by atoms with E-state index in [1.54, 1.807) is 6.92 Å². The smallest absolute Gasteiger partial charge is 0.173 e. The third kappa shape index (κ3) is 2.19. The van der Waals surface area contributed by atoms with Gasteiger partial charge in [0.15, 0.2) is 5.76 Å². The number of aromatic nitrogens is 1. The Balaban J connectivity index is 2.56. The maximum atomic E-state index is 13.6. The molecule has 0 unspecified atom stereocenters. The molecule has 5 heteroatoms. The normalized spacial score (nSPS) is 10.8. The van der Waals surface area contributed by atoms with Crippen molar-refractivity contribution in [2.75, 3.05) is 6.54 Å². The van der Waals surface area contributed by atoms with Gasteiger partial charge in [-0.05, 0) is 38.1 Å². The molecule has 1 aromatic carbocycles. The molecule has 2 aromatic rings. The number of nitrogens with zero attached hydrogens (tertiary/aromatic N) is 1. The fourth-order valence-corrected chi connectivity index (χ4v) is 1.71. The molecular formula is C12H12F2N2O. The number of rotatable bonds is 3. The standard InChI is InChI=1S/C12H12F2N2O/c1-7-9(4-5-15)12(17-16-7)10-6-8(13)2-3-11(10)14/h2-3,6H,4-5,15H2,1H3. The van der Waals surface area contributed by atoms with Gasteiger partial charge >= 0.3 is 0 Å². The second kappa shape index (κ2) is 4.63. The summed E-state index contributed by atoms with van der Waals surface area (Å²) in [5.74, 6) is -0.806. The van der Waals surface area contributed by atoms with Crippen molar-refractivity contribution in [2.45, 2.75) is 13.3 Å². The van der Waals surface area contributed by atoms with Crippen molar-refractivity contribution in [1.82, 2.24) is 5.16 Å². The molecule has 90 valence electrons. The van der Waals surface area contributed by atoms with Crippen LogP contribution in [-0.4, -0.2) is 11.7 Å². The molecule has 0 amide bonds. The highest BCUT2D eigenvalue weighted by molar-refractivity contribution is 5.62. The van der Waals surface area contributed by atoms with E-state index in [4.69, 9.17) is 10.3 Å². The molecular weight excluding hydrogens is 226 g/mol. The Morgan fingerprint density at radius 2 is 2.12 bits per heavy atom. The largest absolute Gasteiger partial charge is 0.356 e. The third-order valence-electron chi connectivity index (χ3n) is 2.55. The van der Waals surface area contributed by atoms with Crippen molar-refractivity contribution in [3.8, 4) is 11.3 Å². The average Bonchev–Trinajstić information content (AvgIpc) is 2.65. The van der Waals surface area contributed by atoms with Gasteiger partial charge in [-0.15, -0.1) is 0 Å². The maximum absolute atomic E-state index is 13.6. The lowest BCUT2D eigenvalue weighted by Gasteiger charge is -2.02. The summed E-state index contributed by atoms with van der Waals surface area (Å²) >= 11 is 0. The van der Waals surface area contributed by atoms with Crippen molar-refractivity contribution in [3.05, 3.63) is 41.1 Å². The van der Waals surface area contributed by atoms with Gasteiger partial charge in [-0.3, -0.25) is 0 Å². The van der Waals surface area contributed by atoms with E-state index in [-0.39, 0.29) is 11.3 Å². The van der Waals surface area contributed by atoms with Crippen LogP contribution in [0.25, 0.3) is 11.3 Å². The van der Waals surface area contributed by atoms with Crippen LogP contribution in [0.3, 0.4) is 0 Å². The Morgan fingerprint density at radius 3 is 2.82 bits per heavy atom. The molecule has 3 nitrogen and oxygen atoms in total. The van der Waals surface area contributed by atoms with Crippen molar-refractivity contribution in [2.24, 2.45) is 5.73 Å². The number of hydrogen-bond acceptors (Lipinski definition) is 3. The highest BCUT2D eigenvalue weighted by atomic mass is 19.1. The van der Waals surface area contributed by atoms with Gasteiger partial charge in [0.1, 0.15) is 11.6 Å². The van der Waals surface area contributed by atoms with E-state index in [0.29, 0.717) is 18.7 Å². The number of halogens is 2. The zero-order valence-corrected chi connectivity index (χ0v) is 9.34. The van der Waals surface area contributed by atoms with Gasteiger partial charge in [0.25, 0.3) is 0 Å². The van der Waals surface area contributed by atoms with Crippen LogP contribution in [0.4, 0.5) is 8.78 Å². The van der Waals surface area contributed by atoms with Crippen LogP contribution in [0, 0.1) is 18.6 Å². The fourth-order valence-electron chi connectivity index (χ4n) is 1.71. The van der Waals surface area contributed by atoms with E-state index in [9.17, 15) is 8.78 Å². The number of aryl methyl sites for hydroxylation is 1. The van der Waals surface area contributed by atoms with Crippen molar-refractivity contribution in [3.63, 3.8) is 0 Å². The summed E-state index contributed by atoms with van der Waals surface area (Å²) in [6.07, 6.45) is 0.515. The van der Waals surface area contributed by atoms with Crippen LogP contribution in [0.1, 0.15) is 11.3 Å². The Morgan fingerprint density at radius 1 is 1.35 bits per heavy atom. The first-order valence-electron chi connectivity index (χ1n) is 5.24. The molecule has 1 aromatic heterocycles. The van der Waals surface area contributed by atoms with Crippen LogP contribution in [-0.2, 0) is 6.42 Å². The molecule has 0 aliphatic heterocycles. The van der Waals surface area contributed by atoms with Gasteiger partial charge in [0.05, 0.1) is 11.3 Å². The van der Waals surface area contributed by atoms with Crippen molar-refractivity contribution in [1.29, 1.82) is 0 Å². The zero-order valence-electron chi connectivity index (χ0n) is 9.34. The van der Waals surface area contributed by atoms with E-state index < -0.39 is 11.6 Å². The summed E-state index contributed by atoms with van der Waals surface area (Å²) in [4.78, 5) is 0. The number of hydrogen-bond donors (Lipinski definition) is 1. The predicted octanol–water partition coefficient (Wildman–Crippen LogP) is 2.43. The molecule has 2 rings (SSSR count). The molecule has 1 heterocycles. The minimum Gasteiger partial charge on any atom is -0.356 e. The summed E-state index contributed by atoms with van der Waals surface area (Å²) < 4.78 is 31.8. The minimum absolute atomic E-state index is 0.0778. The number of benzene rings is 1. The van der Waals surface area contributed by atoms with Crippen LogP contribution in [0.2, 0.25) is 0 Å². The number of nitrogens with two attached hydrogens (primary N) is 1. The first-order chi connectivity index (χ1) is 8.13. The Labute approximate surface area is 97.2 Å². The first kappa shape index (κ1) is 11.7. The summed E-state index contributed by atoms with van der Waals surface area (Å²) in [6.45, 7) is 2.14. The van der Waals surface area contributed by atoms with Gasteiger partial charge < -0.3 is 10.3 Å². The Bertz CT molecular complexity index is 537. The van der Waals surface area contributed by atoms with Crippen LogP contribution in [0.15, 0.2) is 22.7 Å². The van der Waals surface area contributed by atoms with Crippen LogP contribution in [0.5, 0.6) is 0 Å². The Kier molecular flexibility index (Phi) is 3.19. The van der Waals surface area contributed by atoms with E-state index in [0.717, 1.165) is 23.8 Å². The molecule has 0 saturated heterocycles. The third-order valence-corrected chi connectivity index (χ3v) is 2.55. The quantitative estimate of drug-likeness (QED) is 0.893. The summed E-state index contributed by atoms with van der Waals surface area (Å²) in [6, 6.07) is 3.22. The molecule has 0 bridgehead atoms. The van der Waals surface area contributed by atoms with Gasteiger partial charge in [-0.2, -0.15) is 0 Å². The molecule has 0 fully saturated rings. The van der Waals surface area contributed by atoms with Crippen molar-refractivity contribution < 1.29 is 13.3 Å². The predicted molar refractivity (Wildman–Crippen MR) is 59.4 cm³/mol. The summed E-state index contributed by atoms with van der Waals surface area (Å²) in [7, 11) is 0. The van der Waals surface area contributed by atoms with E-state index >= 15 is 0 Å². The summed E-state index contributed by atoms with van der Waals surface area (Å²) in [5.41, 5.74) is 6.91. The molecule has 0 atom stereocenters. The van der Waals surface area contributed by atoms with E-state index in [1.165, 1.54) is 0 Å². The molecule has 0 aliphatic carbocycles.